The molecule has 0 saturated carbocycles. The van der Waals surface area contributed by atoms with Gasteiger partial charge in [0.15, 0.2) is 0 Å². The molecular weight excluding hydrogens is 364 g/mol. The lowest BCUT2D eigenvalue weighted by Gasteiger charge is -2.38. The molecule has 6 nitrogen and oxygen atoms in total. The van der Waals surface area contributed by atoms with Crippen LogP contribution < -0.4 is 15.7 Å². The van der Waals surface area contributed by atoms with Crippen LogP contribution in [0.4, 0.5) is 5.69 Å². The van der Waals surface area contributed by atoms with Gasteiger partial charge in [0.05, 0.1) is 0 Å². The Bertz CT molecular complexity index is 683. The summed E-state index contributed by atoms with van der Waals surface area (Å²) < 4.78 is 0. The summed E-state index contributed by atoms with van der Waals surface area (Å²) >= 11 is 0. The second-order valence-electron chi connectivity index (χ2n) is 8.63. The third-order valence-electron chi connectivity index (χ3n) is 6.27. The van der Waals surface area contributed by atoms with Crippen molar-refractivity contribution in [3.63, 3.8) is 0 Å². The van der Waals surface area contributed by atoms with Gasteiger partial charge in [-0.3, -0.25) is 10.0 Å². The Balaban J connectivity index is 1.48. The molecular formula is C23H36N4O2. The van der Waals surface area contributed by atoms with E-state index in [-0.39, 0.29) is 0 Å². The zero-order chi connectivity index (χ0) is 20.6. The fraction of sp³-hybridized carbons (Fsp3) is 0.609. The van der Waals surface area contributed by atoms with Crippen molar-refractivity contribution in [2.45, 2.75) is 51.6 Å². The quantitative estimate of drug-likeness (QED) is 0.373. The summed E-state index contributed by atoms with van der Waals surface area (Å²) in [5.74, 6) is 0.258. The first-order valence-electron chi connectivity index (χ1n) is 11.0. The van der Waals surface area contributed by atoms with E-state index < -0.39 is 5.91 Å². The second kappa shape index (κ2) is 10.8. The number of rotatable bonds is 7. The Kier molecular flexibility index (Phi) is 8.09. The van der Waals surface area contributed by atoms with Gasteiger partial charge < -0.3 is 15.1 Å². The van der Waals surface area contributed by atoms with Crippen molar-refractivity contribution < 1.29 is 10.0 Å². The first kappa shape index (κ1) is 21.8. The largest absolute Gasteiger partial charge is 0.371 e. The first-order chi connectivity index (χ1) is 14.1. The van der Waals surface area contributed by atoms with Gasteiger partial charge in [-0.25, -0.2) is 5.48 Å². The molecule has 1 aromatic rings. The summed E-state index contributed by atoms with van der Waals surface area (Å²) in [6.45, 7) is 10.2. The number of hydroxylamine groups is 1. The van der Waals surface area contributed by atoms with Crippen molar-refractivity contribution in [3.8, 4) is 0 Å². The van der Waals surface area contributed by atoms with Gasteiger partial charge in [0.2, 0.25) is 0 Å². The van der Waals surface area contributed by atoms with Crippen LogP contribution in [0.3, 0.4) is 0 Å². The van der Waals surface area contributed by atoms with Crippen LogP contribution in [0, 0.1) is 5.92 Å². The highest BCUT2D eigenvalue weighted by Crippen LogP contribution is 2.26. The number of piperidine rings is 2. The molecule has 6 heteroatoms. The van der Waals surface area contributed by atoms with E-state index in [1.807, 2.05) is 18.2 Å². The van der Waals surface area contributed by atoms with E-state index in [0.717, 1.165) is 49.6 Å². The SMILES string of the molecule is CC(C)N1CCCC(CNC2CCN(c3ccccc3/C=C/C(=O)NO)CC2)C1. The van der Waals surface area contributed by atoms with Gasteiger partial charge in [0.25, 0.3) is 5.91 Å². The molecule has 2 saturated heterocycles. The zero-order valence-corrected chi connectivity index (χ0v) is 17.8. The van der Waals surface area contributed by atoms with Crippen molar-refractivity contribution >= 4 is 17.7 Å². The Morgan fingerprint density at radius 2 is 1.97 bits per heavy atom. The average molecular weight is 401 g/mol. The third-order valence-corrected chi connectivity index (χ3v) is 6.27. The minimum atomic E-state index is -0.513. The lowest BCUT2D eigenvalue weighted by molar-refractivity contribution is -0.124. The normalized spacial score (nSPS) is 21.8. The zero-order valence-electron chi connectivity index (χ0n) is 17.8. The van der Waals surface area contributed by atoms with Crippen LogP contribution in [0.1, 0.15) is 45.1 Å². The van der Waals surface area contributed by atoms with Gasteiger partial charge in [0.1, 0.15) is 0 Å². The maximum atomic E-state index is 11.3. The maximum Gasteiger partial charge on any atom is 0.267 e. The van der Waals surface area contributed by atoms with Crippen LogP contribution in [-0.4, -0.2) is 60.8 Å². The molecule has 3 N–H and O–H groups in total. The number of carbonyl (C=O) groups excluding carboxylic acids is 1. The molecule has 0 spiro atoms. The Labute approximate surface area is 174 Å². The summed E-state index contributed by atoms with van der Waals surface area (Å²) in [5, 5.41) is 12.5. The predicted octanol–water partition coefficient (Wildman–Crippen LogP) is 2.88. The van der Waals surface area contributed by atoms with Gasteiger partial charge in [-0.2, -0.15) is 0 Å². The second-order valence-corrected chi connectivity index (χ2v) is 8.63. The molecule has 0 bridgehead atoms. The van der Waals surface area contributed by atoms with E-state index in [1.165, 1.54) is 32.0 Å². The molecule has 0 radical (unpaired) electrons. The number of carbonyl (C=O) groups is 1. The number of nitrogens with one attached hydrogen (secondary N) is 2. The number of nitrogens with zero attached hydrogens (tertiary/aromatic N) is 2. The van der Waals surface area contributed by atoms with E-state index in [2.05, 4.69) is 35.0 Å². The highest BCUT2D eigenvalue weighted by Gasteiger charge is 2.24. The minimum absolute atomic E-state index is 0.513. The highest BCUT2D eigenvalue weighted by molar-refractivity contribution is 5.91. The molecule has 0 aromatic heterocycles. The molecule has 160 valence electrons. The topological polar surface area (TPSA) is 67.8 Å². The fourth-order valence-corrected chi connectivity index (χ4v) is 4.51. The van der Waals surface area contributed by atoms with Gasteiger partial charge in [0, 0.05) is 43.5 Å². The molecule has 1 amide bonds. The van der Waals surface area contributed by atoms with Crippen LogP contribution in [0.2, 0.25) is 0 Å². The van der Waals surface area contributed by atoms with Crippen molar-refractivity contribution in [1.29, 1.82) is 0 Å². The summed E-state index contributed by atoms with van der Waals surface area (Å²) in [5.41, 5.74) is 3.78. The smallest absolute Gasteiger partial charge is 0.267 e. The van der Waals surface area contributed by atoms with Crippen molar-refractivity contribution in [2.24, 2.45) is 5.92 Å². The summed E-state index contributed by atoms with van der Waals surface area (Å²) in [6.07, 6.45) is 8.05. The lowest BCUT2D eigenvalue weighted by atomic mass is 9.95. The fourth-order valence-electron chi connectivity index (χ4n) is 4.51. The van der Waals surface area contributed by atoms with Crippen molar-refractivity contribution in [1.82, 2.24) is 15.7 Å². The molecule has 2 fully saturated rings. The summed E-state index contributed by atoms with van der Waals surface area (Å²) in [7, 11) is 0. The molecule has 2 heterocycles. The Hall–Kier alpha value is -1.89. The Morgan fingerprint density at radius 3 is 2.69 bits per heavy atom. The number of hydrogen-bond donors (Lipinski definition) is 3. The number of para-hydroxylation sites is 1. The maximum absolute atomic E-state index is 11.3. The number of likely N-dealkylation sites (tertiary alicyclic amines) is 1. The lowest BCUT2D eigenvalue weighted by Crippen LogP contribution is -2.47. The molecule has 2 aliphatic heterocycles. The third kappa shape index (κ3) is 6.29. The van der Waals surface area contributed by atoms with Crippen LogP contribution >= 0.6 is 0 Å². The summed E-state index contributed by atoms with van der Waals surface area (Å²) in [4.78, 5) is 16.3. The van der Waals surface area contributed by atoms with Crippen molar-refractivity contribution in [2.75, 3.05) is 37.6 Å². The molecule has 29 heavy (non-hydrogen) atoms. The molecule has 1 aromatic carbocycles. The van der Waals surface area contributed by atoms with Crippen molar-refractivity contribution in [3.05, 3.63) is 35.9 Å². The Morgan fingerprint density at radius 1 is 1.21 bits per heavy atom. The van der Waals surface area contributed by atoms with Gasteiger partial charge in [-0.15, -0.1) is 0 Å². The predicted molar refractivity (Wildman–Crippen MR) is 118 cm³/mol. The van der Waals surface area contributed by atoms with Crippen LogP contribution in [0.15, 0.2) is 30.3 Å². The first-order valence-corrected chi connectivity index (χ1v) is 11.0. The number of benzene rings is 1. The van der Waals surface area contributed by atoms with E-state index in [1.54, 1.807) is 11.6 Å². The molecule has 2 aliphatic rings. The van der Waals surface area contributed by atoms with Crippen LogP contribution in [0.5, 0.6) is 0 Å². The van der Waals surface area contributed by atoms with Gasteiger partial charge in [-0.05, 0) is 76.2 Å². The van der Waals surface area contributed by atoms with Gasteiger partial charge in [-0.1, -0.05) is 18.2 Å². The highest BCUT2D eigenvalue weighted by atomic mass is 16.5. The van der Waals surface area contributed by atoms with E-state index in [0.29, 0.717) is 12.1 Å². The number of anilines is 1. The molecule has 3 rings (SSSR count). The van der Waals surface area contributed by atoms with Gasteiger partial charge >= 0.3 is 0 Å². The number of amides is 1. The molecule has 1 atom stereocenters. The molecule has 0 aliphatic carbocycles. The molecule has 1 unspecified atom stereocenters. The van der Waals surface area contributed by atoms with E-state index in [4.69, 9.17) is 5.21 Å². The average Bonchev–Trinajstić information content (AvgIpc) is 2.76. The van der Waals surface area contributed by atoms with E-state index in [9.17, 15) is 4.79 Å². The monoisotopic (exact) mass is 400 g/mol. The summed E-state index contributed by atoms with van der Waals surface area (Å²) in [6, 6.07) is 9.35. The number of hydrogen-bond acceptors (Lipinski definition) is 5. The van der Waals surface area contributed by atoms with E-state index >= 15 is 0 Å². The van der Waals surface area contributed by atoms with Crippen LogP contribution in [0.25, 0.3) is 6.08 Å². The standard InChI is InChI=1S/C23H36N4O2/c1-18(2)27-13-5-6-19(17-27)16-24-21-11-14-26(15-12-21)22-8-4-3-7-20(22)9-10-23(28)25-29/h3-4,7-10,18-19,21,24,29H,5-6,11-17H2,1-2H3,(H,25,28)/b10-9+. The van der Waals surface area contributed by atoms with Crippen LogP contribution in [-0.2, 0) is 4.79 Å². The minimum Gasteiger partial charge on any atom is -0.371 e.